The van der Waals surface area contributed by atoms with E-state index < -0.39 is 0 Å². The smallest absolute Gasteiger partial charge is 0.257 e. The number of aryl methyl sites for hydroxylation is 2. The lowest BCUT2D eigenvalue weighted by molar-refractivity contribution is -0.123. The number of piperidine rings is 1. The molecule has 1 saturated heterocycles. The number of hydrogen-bond donors (Lipinski definition) is 0. The topological polar surface area (TPSA) is 55.2 Å². The summed E-state index contributed by atoms with van der Waals surface area (Å²) in [5.41, 5.74) is 2.41. The lowest BCUT2D eigenvalue weighted by atomic mass is 9.90. The monoisotopic (exact) mass is 325 g/mol. The highest BCUT2D eigenvalue weighted by molar-refractivity contribution is 5.95. The van der Waals surface area contributed by atoms with Gasteiger partial charge in [0.1, 0.15) is 5.78 Å². The Morgan fingerprint density at radius 2 is 2.00 bits per heavy atom. The number of ketones is 1. The molecule has 5 heteroatoms. The van der Waals surface area contributed by atoms with Crippen molar-refractivity contribution in [3.05, 3.63) is 53.3 Å². The molecule has 2 aromatic rings. The molecule has 0 saturated carbocycles. The molecular weight excluding hydrogens is 302 g/mol. The molecule has 0 spiro atoms. The maximum absolute atomic E-state index is 12.7. The Morgan fingerprint density at radius 3 is 2.67 bits per heavy atom. The molecular formula is C19H23N3O2. The minimum atomic E-state index is -0.0696. The van der Waals surface area contributed by atoms with Crippen LogP contribution in [0.4, 0.5) is 0 Å². The van der Waals surface area contributed by atoms with Gasteiger partial charge in [-0.05, 0) is 25.3 Å². The lowest BCUT2D eigenvalue weighted by Gasteiger charge is -2.32. The molecule has 0 bridgehead atoms. The summed E-state index contributed by atoms with van der Waals surface area (Å²) in [5.74, 6) is 0.138. The van der Waals surface area contributed by atoms with Crippen molar-refractivity contribution in [3.63, 3.8) is 0 Å². The molecule has 1 fully saturated rings. The van der Waals surface area contributed by atoms with Crippen molar-refractivity contribution in [3.8, 4) is 0 Å². The molecule has 126 valence electrons. The molecule has 1 amide bonds. The fraction of sp³-hybridized carbons (Fsp3) is 0.421. The number of likely N-dealkylation sites (tertiary alicyclic amines) is 1. The van der Waals surface area contributed by atoms with E-state index in [9.17, 15) is 9.59 Å². The van der Waals surface area contributed by atoms with Gasteiger partial charge in [-0.15, -0.1) is 0 Å². The Balaban J connectivity index is 1.66. The van der Waals surface area contributed by atoms with Gasteiger partial charge in [-0.1, -0.05) is 30.3 Å². The Hall–Kier alpha value is -2.43. The summed E-state index contributed by atoms with van der Waals surface area (Å²) in [6.45, 7) is 3.07. The van der Waals surface area contributed by atoms with Crippen LogP contribution in [0.15, 0.2) is 36.5 Å². The van der Waals surface area contributed by atoms with Gasteiger partial charge < -0.3 is 4.90 Å². The quantitative estimate of drug-likeness (QED) is 0.867. The van der Waals surface area contributed by atoms with Crippen molar-refractivity contribution in [2.45, 2.75) is 26.2 Å². The van der Waals surface area contributed by atoms with E-state index in [1.54, 1.807) is 15.8 Å². The number of aromatic nitrogens is 2. The van der Waals surface area contributed by atoms with Gasteiger partial charge in [0.15, 0.2) is 0 Å². The van der Waals surface area contributed by atoms with Gasteiger partial charge in [0, 0.05) is 38.7 Å². The second-order valence-corrected chi connectivity index (χ2v) is 6.52. The van der Waals surface area contributed by atoms with Gasteiger partial charge in [-0.3, -0.25) is 14.3 Å². The zero-order valence-corrected chi connectivity index (χ0v) is 14.2. The van der Waals surface area contributed by atoms with Gasteiger partial charge in [-0.25, -0.2) is 0 Å². The van der Waals surface area contributed by atoms with Crippen LogP contribution in [0, 0.1) is 12.8 Å². The van der Waals surface area contributed by atoms with Crippen LogP contribution in [-0.4, -0.2) is 39.5 Å². The van der Waals surface area contributed by atoms with Gasteiger partial charge in [0.2, 0.25) is 0 Å². The van der Waals surface area contributed by atoms with Crippen molar-refractivity contribution >= 4 is 11.7 Å². The first kappa shape index (κ1) is 16.4. The standard InChI is InChI=1S/C19H23N3O2/c1-14-17(13-21(2)20-14)19(24)22-10-6-9-16(12-22)18(23)11-15-7-4-3-5-8-15/h3-5,7-8,13,16H,6,9-12H2,1-2H3/t16-/m0/s1. The number of rotatable bonds is 4. The van der Waals surface area contributed by atoms with Crippen LogP contribution in [0.3, 0.4) is 0 Å². The Kier molecular flexibility index (Phi) is 4.79. The van der Waals surface area contributed by atoms with Gasteiger partial charge in [0.25, 0.3) is 5.91 Å². The molecule has 0 N–H and O–H groups in total. The van der Waals surface area contributed by atoms with E-state index in [0.29, 0.717) is 25.1 Å². The first-order valence-corrected chi connectivity index (χ1v) is 8.40. The predicted molar refractivity (Wildman–Crippen MR) is 91.7 cm³/mol. The highest BCUT2D eigenvalue weighted by Gasteiger charge is 2.29. The van der Waals surface area contributed by atoms with E-state index in [1.807, 2.05) is 44.3 Å². The van der Waals surface area contributed by atoms with Crippen LogP contribution in [-0.2, 0) is 18.3 Å². The van der Waals surface area contributed by atoms with Crippen LogP contribution < -0.4 is 0 Å². The zero-order chi connectivity index (χ0) is 17.1. The van der Waals surface area contributed by atoms with Crippen molar-refractivity contribution in [1.29, 1.82) is 0 Å². The third-order valence-corrected chi connectivity index (χ3v) is 4.63. The second kappa shape index (κ2) is 6.99. The summed E-state index contributed by atoms with van der Waals surface area (Å²) in [5, 5.41) is 4.24. The minimum absolute atomic E-state index is 0.0159. The van der Waals surface area contributed by atoms with Crippen LogP contribution >= 0.6 is 0 Å². The third-order valence-electron chi connectivity index (χ3n) is 4.63. The number of hydrogen-bond acceptors (Lipinski definition) is 3. The van der Waals surface area contributed by atoms with E-state index in [2.05, 4.69) is 5.10 Å². The van der Waals surface area contributed by atoms with E-state index in [1.165, 1.54) is 0 Å². The summed E-state index contributed by atoms with van der Waals surface area (Å²) >= 11 is 0. The molecule has 0 unspecified atom stereocenters. The highest BCUT2D eigenvalue weighted by Crippen LogP contribution is 2.21. The van der Waals surface area contributed by atoms with E-state index >= 15 is 0 Å². The van der Waals surface area contributed by atoms with E-state index in [-0.39, 0.29) is 17.6 Å². The maximum Gasteiger partial charge on any atom is 0.257 e. The second-order valence-electron chi connectivity index (χ2n) is 6.52. The Bertz CT molecular complexity index is 736. The van der Waals surface area contributed by atoms with Crippen molar-refractivity contribution in [1.82, 2.24) is 14.7 Å². The molecule has 5 nitrogen and oxygen atoms in total. The summed E-state index contributed by atoms with van der Waals surface area (Å²) in [6, 6.07) is 9.80. The highest BCUT2D eigenvalue weighted by atomic mass is 16.2. The predicted octanol–water partition coefficient (Wildman–Crippen LogP) is 2.39. The molecule has 1 aromatic heterocycles. The number of Topliss-reactive ketones (excluding diaryl/α,β-unsaturated/α-hetero) is 1. The summed E-state index contributed by atoms with van der Waals surface area (Å²) < 4.78 is 1.66. The third kappa shape index (κ3) is 3.55. The first-order chi connectivity index (χ1) is 11.5. The average Bonchev–Trinajstić information content (AvgIpc) is 2.93. The minimum Gasteiger partial charge on any atom is -0.338 e. The SMILES string of the molecule is Cc1nn(C)cc1C(=O)N1CCC[C@H](C(=O)Cc2ccccc2)C1. The molecule has 1 aliphatic rings. The van der Waals surface area contributed by atoms with Crippen molar-refractivity contribution in [2.75, 3.05) is 13.1 Å². The average molecular weight is 325 g/mol. The molecule has 1 atom stereocenters. The van der Waals surface area contributed by atoms with E-state index in [0.717, 1.165) is 24.1 Å². The van der Waals surface area contributed by atoms with Crippen molar-refractivity contribution in [2.24, 2.45) is 13.0 Å². The number of amides is 1. The molecule has 3 rings (SSSR count). The summed E-state index contributed by atoms with van der Waals surface area (Å²) in [7, 11) is 1.81. The molecule has 24 heavy (non-hydrogen) atoms. The zero-order valence-electron chi connectivity index (χ0n) is 14.2. The molecule has 1 aliphatic heterocycles. The Labute approximate surface area is 142 Å². The van der Waals surface area contributed by atoms with Crippen LogP contribution in [0.5, 0.6) is 0 Å². The van der Waals surface area contributed by atoms with Gasteiger partial charge >= 0.3 is 0 Å². The molecule has 0 radical (unpaired) electrons. The first-order valence-electron chi connectivity index (χ1n) is 8.40. The van der Waals surface area contributed by atoms with Crippen molar-refractivity contribution < 1.29 is 9.59 Å². The van der Waals surface area contributed by atoms with Crippen LogP contribution in [0.2, 0.25) is 0 Å². The molecule has 2 heterocycles. The largest absolute Gasteiger partial charge is 0.338 e. The number of carbonyl (C=O) groups excluding carboxylic acids is 2. The number of nitrogens with zero attached hydrogens (tertiary/aromatic N) is 3. The van der Waals surface area contributed by atoms with Crippen LogP contribution in [0.1, 0.15) is 34.5 Å². The van der Waals surface area contributed by atoms with Crippen LogP contribution in [0.25, 0.3) is 0 Å². The lowest BCUT2D eigenvalue weighted by Crippen LogP contribution is -2.42. The molecule has 1 aromatic carbocycles. The normalized spacial score (nSPS) is 17.8. The van der Waals surface area contributed by atoms with Gasteiger partial charge in [0.05, 0.1) is 11.3 Å². The fourth-order valence-corrected chi connectivity index (χ4v) is 3.35. The number of carbonyl (C=O) groups is 2. The fourth-order valence-electron chi connectivity index (χ4n) is 3.35. The van der Waals surface area contributed by atoms with E-state index in [4.69, 9.17) is 0 Å². The Morgan fingerprint density at radius 1 is 1.25 bits per heavy atom. The molecule has 0 aliphatic carbocycles. The maximum atomic E-state index is 12.7. The summed E-state index contributed by atoms with van der Waals surface area (Å²) in [6.07, 6.45) is 3.93. The van der Waals surface area contributed by atoms with Gasteiger partial charge in [-0.2, -0.15) is 5.10 Å². The number of benzene rings is 1. The summed E-state index contributed by atoms with van der Waals surface area (Å²) in [4.78, 5) is 27.1.